The van der Waals surface area contributed by atoms with Crippen LogP contribution in [0.4, 0.5) is 13.2 Å². The van der Waals surface area contributed by atoms with Crippen LogP contribution in [0.15, 0.2) is 267 Å². The molecule has 0 unspecified atom stereocenters. The quantitative estimate of drug-likeness (QED) is 0.0236. The van der Waals surface area contributed by atoms with Crippen molar-refractivity contribution in [1.29, 1.82) is 0 Å². The van der Waals surface area contributed by atoms with Gasteiger partial charge in [0.05, 0.1) is 0 Å². The van der Waals surface area contributed by atoms with Crippen LogP contribution in [0.1, 0.15) is 123 Å². The minimum Gasteiger partial charge on any atom is 0 e. The molecule has 28 heteroatoms. The second-order valence-corrected chi connectivity index (χ2v) is 38.2. The molecule has 2 radical (unpaired) electrons. The third-order valence-electron chi connectivity index (χ3n) is 18.7. The Balaban J connectivity index is 0.00000160. The number of aryl methyl sites for hydroxylation is 2. The molecule has 7 aliphatic heterocycles. The van der Waals surface area contributed by atoms with Gasteiger partial charge < -0.3 is 47.9 Å². The molecule has 1 N–H and O–H groups in total. The molecule has 7 saturated heterocycles. The summed E-state index contributed by atoms with van der Waals surface area (Å²) in [5, 5.41) is 36.1. The Morgan fingerprint density at radius 2 is 0.419 bits per heavy atom. The third kappa shape index (κ3) is 51.9. The van der Waals surface area contributed by atoms with Gasteiger partial charge in [-0.1, -0.05) is 289 Å². The molecule has 18 nitrogen and oxygen atoms in total. The van der Waals surface area contributed by atoms with Gasteiger partial charge in [-0.2, -0.15) is 13.2 Å². The molecule has 0 aliphatic carbocycles. The summed E-state index contributed by atoms with van der Waals surface area (Å²) in [6.07, 6.45) is 21.0. The summed E-state index contributed by atoms with van der Waals surface area (Å²) in [7, 11) is -8.69. The van der Waals surface area contributed by atoms with E-state index in [1.807, 2.05) is 0 Å². The van der Waals surface area contributed by atoms with Crippen molar-refractivity contribution in [3.63, 3.8) is 0 Å². The van der Waals surface area contributed by atoms with Crippen LogP contribution in [0.5, 0.6) is 11.5 Å². The Morgan fingerprint density at radius 3 is 0.535 bits per heavy atom. The molecule has 10 aromatic carbocycles. The number of hydrogen-bond acceptors (Lipinski definition) is 12. The van der Waals surface area contributed by atoms with Gasteiger partial charge in [0.2, 0.25) is 0 Å². The van der Waals surface area contributed by atoms with Crippen molar-refractivity contribution >= 4 is 84.2 Å². The van der Waals surface area contributed by atoms with E-state index in [-0.39, 0.29) is 39.9 Å². The SMILES string of the molecule is C1CCOC1.C1CCOC1.C1CCOC1.C1CCOC1.C1CCOC1.C1CCOC1.C1CCOC1.Cc1cc(CP(c2ccccc2)c2ccccc2)c(O)c(CP(c2ccccc2)c2ccccc2)c1.Cc1cc(CP(c2ccccc2)c2ccccc2)c([O-])c(CP(c2ccccc2)c2ccccc2)c1.O=S(=O)([O-])C(F)(F)F.[C-]#[O+].[C-]#[O+].[C-]#[O+].[C-]#[O+].[C-]#[O+].[C-]#[O+].[Mn].[Mn]. The number of ether oxygens (including phenoxy) is 7. The first-order chi connectivity index (χ1) is 62.1. The van der Waals surface area contributed by atoms with Crippen molar-refractivity contribution in [2.75, 3.05) is 92.5 Å². The molecule has 10 aromatic rings. The molecule has 17 rings (SSSR count). The summed E-state index contributed by atoms with van der Waals surface area (Å²) in [6, 6.07) is 94.1. The van der Waals surface area contributed by atoms with E-state index in [9.17, 15) is 23.4 Å². The Kier molecular flexibility index (Phi) is 74.4. The minimum absolute atomic E-state index is 0. The maximum Gasteiger partial charge on any atom is 0 e. The number of benzene rings is 10. The van der Waals surface area contributed by atoms with Crippen molar-refractivity contribution in [1.82, 2.24) is 0 Å². The molecule has 7 heterocycles. The van der Waals surface area contributed by atoms with Gasteiger partial charge in [0, 0.05) is 151 Å². The Labute approximate surface area is 788 Å². The van der Waals surface area contributed by atoms with Crippen molar-refractivity contribution in [2.45, 2.75) is 134 Å². The molecule has 7 aliphatic rings. The van der Waals surface area contributed by atoms with Crippen LogP contribution in [-0.4, -0.2) is 116 Å². The van der Waals surface area contributed by atoms with E-state index in [2.05, 4.69) is 321 Å². The first-order valence-corrected chi connectivity index (χ1v) is 49.0. The van der Waals surface area contributed by atoms with Gasteiger partial charge in [-0.15, -0.1) is 5.75 Å². The largest absolute Gasteiger partial charge is 0 e. The minimum atomic E-state index is -6.09. The molecule has 690 valence electrons. The normalized spacial score (nSPS) is 13.7. The van der Waals surface area contributed by atoms with E-state index in [1.54, 1.807) is 0 Å². The monoisotopic (exact) mass is 1940 g/mol. The topological polar surface area (TPSA) is 284 Å². The first-order valence-electron chi connectivity index (χ1n) is 41.5. The molecular formula is C101H115F3Mn2O18P4S-2. The van der Waals surface area contributed by atoms with Crippen LogP contribution in [0, 0.1) is 53.7 Å². The van der Waals surface area contributed by atoms with Gasteiger partial charge in [-0.05, 0) is 189 Å². The maximum absolute atomic E-state index is 13.9. The van der Waals surface area contributed by atoms with Crippen molar-refractivity contribution in [3.8, 4) is 11.5 Å². The van der Waals surface area contributed by atoms with E-state index in [1.165, 1.54) is 138 Å². The maximum atomic E-state index is 13.9. The van der Waals surface area contributed by atoms with E-state index < -0.39 is 47.3 Å². The van der Waals surface area contributed by atoms with Gasteiger partial charge in [-0.25, -0.2) is 8.42 Å². The van der Waals surface area contributed by atoms with Crippen LogP contribution in [0.25, 0.3) is 0 Å². The summed E-state index contributed by atoms with van der Waals surface area (Å²) < 4.78 is 139. The number of halogens is 3. The summed E-state index contributed by atoms with van der Waals surface area (Å²) in [4.78, 5) is 0. The van der Waals surface area contributed by atoms with Crippen LogP contribution in [0.3, 0.4) is 0 Å². The van der Waals surface area contributed by atoms with E-state index in [0.717, 1.165) is 145 Å². The predicted octanol–water partition coefficient (Wildman–Crippen LogP) is 18.7. The van der Waals surface area contributed by atoms with Crippen LogP contribution in [-0.2, 0) is 130 Å². The number of hydrogen-bond donors (Lipinski definition) is 1. The fourth-order valence-corrected chi connectivity index (χ4v) is 22.0. The van der Waals surface area contributed by atoms with Gasteiger partial charge >= 0.3 is 73.3 Å². The van der Waals surface area contributed by atoms with Gasteiger partial charge in [0.25, 0.3) is 0 Å². The third-order valence-corrected chi connectivity index (χ3v) is 29.3. The Hall–Kier alpha value is -7.58. The van der Waals surface area contributed by atoms with E-state index in [0.29, 0.717) is 5.75 Å². The molecule has 0 spiro atoms. The molecular weight excluding hydrogens is 1820 g/mol. The zero-order valence-electron chi connectivity index (χ0n) is 73.0. The molecule has 0 bridgehead atoms. The van der Waals surface area contributed by atoms with Crippen LogP contribution >= 0.6 is 31.7 Å². The number of rotatable bonds is 16. The molecule has 0 aromatic heterocycles. The zero-order chi connectivity index (χ0) is 93.2. The van der Waals surface area contributed by atoms with Crippen LogP contribution < -0.4 is 47.5 Å². The summed E-state index contributed by atoms with van der Waals surface area (Å²) in [5.74, 6) is 0.665. The van der Waals surface area contributed by atoms with Crippen molar-refractivity contribution in [3.05, 3.63) is 340 Å². The number of phenolic OH excluding ortho intramolecular Hbond substituents is 1. The average molecular weight is 1940 g/mol. The van der Waals surface area contributed by atoms with E-state index >= 15 is 0 Å². The zero-order valence-corrected chi connectivity index (χ0v) is 79.8. The molecule has 0 amide bonds. The van der Waals surface area contributed by atoms with Crippen molar-refractivity contribution < 1.29 is 132 Å². The molecule has 7 fully saturated rings. The number of aromatic hydroxyl groups is 1. The van der Waals surface area contributed by atoms with Gasteiger partial charge in [-0.3, -0.25) is 0 Å². The standard InChI is InChI=1S/2C33H30OP2.7C4H8O.CHF3O3S.6CO.2Mn/c2*1-26-22-27(24-35(29-14-6-2-7-15-29)30-16-8-3-9-17-30)33(34)28(23-26)25-36(31-18-10-4-11-19-31)32-20-12-5-13-21-32;7*1-2-4-5-3-1;2-1(3,4)8(5,6)7;6*1-2;;/h2*2-23,34H,24-25H2,1H3;7*1-4H2;(H,5,6,7);;;;;;;;/p-2. The van der Waals surface area contributed by atoms with Gasteiger partial charge in [0.1, 0.15) is 5.75 Å². The van der Waals surface area contributed by atoms with Crippen molar-refractivity contribution in [2.24, 2.45) is 0 Å². The number of phenols is 1. The second-order valence-electron chi connectivity index (χ2n) is 28.0. The number of alkyl halides is 3. The Morgan fingerprint density at radius 1 is 0.295 bits per heavy atom. The molecule has 129 heavy (non-hydrogen) atoms. The average Bonchev–Trinajstić information content (AvgIpc) is 1.33. The smallest absolute Gasteiger partial charge is 0 e. The Bertz CT molecular complexity index is 3840. The first kappa shape index (κ1) is 121. The fourth-order valence-electron chi connectivity index (χ4n) is 12.8. The van der Waals surface area contributed by atoms with E-state index in [4.69, 9.17) is 74.0 Å². The predicted molar refractivity (Wildman–Crippen MR) is 494 cm³/mol. The summed E-state index contributed by atoms with van der Waals surface area (Å²) in [5.41, 5.74) is 0.656. The molecule has 0 atom stereocenters. The molecule has 0 saturated carbocycles. The van der Waals surface area contributed by atoms with Gasteiger partial charge in [0.15, 0.2) is 10.1 Å². The summed E-state index contributed by atoms with van der Waals surface area (Å²) >= 11 is 0. The van der Waals surface area contributed by atoms with Crippen LogP contribution in [0.2, 0.25) is 0 Å². The fraction of sp³-hybridized carbons (Fsp3) is 0.347. The summed E-state index contributed by atoms with van der Waals surface area (Å²) in [6.45, 7) is 45.3. The second kappa shape index (κ2) is 79.0.